The minimum atomic E-state index is -0.183. The molecule has 0 saturated heterocycles. The van der Waals surface area contributed by atoms with E-state index in [-0.39, 0.29) is 5.91 Å². The molecule has 0 unspecified atom stereocenters. The first-order valence-electron chi connectivity index (χ1n) is 5.79. The van der Waals surface area contributed by atoms with Gasteiger partial charge in [0.25, 0.3) is 5.91 Å². The minimum absolute atomic E-state index is 0.183. The third-order valence-corrected chi connectivity index (χ3v) is 2.39. The molecule has 2 heterocycles. The molecule has 0 aliphatic heterocycles. The fourth-order valence-corrected chi connectivity index (χ4v) is 1.51. The van der Waals surface area contributed by atoms with Gasteiger partial charge in [0.15, 0.2) is 0 Å². The van der Waals surface area contributed by atoms with Gasteiger partial charge in [0.2, 0.25) is 0 Å². The van der Waals surface area contributed by atoms with Crippen molar-refractivity contribution in [2.45, 2.75) is 13.3 Å². The van der Waals surface area contributed by atoms with Crippen molar-refractivity contribution in [1.29, 1.82) is 0 Å². The summed E-state index contributed by atoms with van der Waals surface area (Å²) in [5, 5.41) is 12.3. The van der Waals surface area contributed by atoms with Crippen LogP contribution in [-0.4, -0.2) is 27.6 Å². The van der Waals surface area contributed by atoms with Gasteiger partial charge in [0, 0.05) is 18.9 Å². The Labute approximate surface area is 105 Å². The van der Waals surface area contributed by atoms with Crippen molar-refractivity contribution in [3.63, 3.8) is 0 Å². The van der Waals surface area contributed by atoms with E-state index in [0.29, 0.717) is 11.3 Å². The van der Waals surface area contributed by atoms with Crippen LogP contribution in [0.5, 0.6) is 0 Å². The van der Waals surface area contributed by atoms with E-state index in [2.05, 4.69) is 32.7 Å². The molecule has 18 heavy (non-hydrogen) atoms. The molecule has 0 saturated carbocycles. The number of anilines is 2. The highest BCUT2D eigenvalue weighted by atomic mass is 16.1. The van der Waals surface area contributed by atoms with Gasteiger partial charge in [-0.05, 0) is 12.5 Å². The van der Waals surface area contributed by atoms with E-state index in [1.54, 1.807) is 30.9 Å². The molecule has 6 nitrogen and oxygen atoms in total. The molecule has 1 amide bonds. The Morgan fingerprint density at radius 1 is 1.44 bits per heavy atom. The number of carbonyl (C=O) groups excluding carboxylic acids is 1. The highest BCUT2D eigenvalue weighted by Crippen LogP contribution is 2.15. The number of pyridine rings is 1. The summed E-state index contributed by atoms with van der Waals surface area (Å²) in [5.74, 6) is -0.183. The highest BCUT2D eigenvalue weighted by Gasteiger charge is 2.11. The number of H-pyrrole nitrogens is 1. The van der Waals surface area contributed by atoms with Gasteiger partial charge in [-0.15, -0.1) is 0 Å². The summed E-state index contributed by atoms with van der Waals surface area (Å²) in [6, 6.07) is 1.69. The second kappa shape index (κ2) is 5.81. The Balaban J connectivity index is 2.13. The van der Waals surface area contributed by atoms with Crippen molar-refractivity contribution in [2.75, 3.05) is 17.2 Å². The van der Waals surface area contributed by atoms with Crippen molar-refractivity contribution in [2.24, 2.45) is 0 Å². The van der Waals surface area contributed by atoms with Crippen LogP contribution in [-0.2, 0) is 0 Å². The first kappa shape index (κ1) is 12.1. The van der Waals surface area contributed by atoms with E-state index in [1.807, 2.05) is 0 Å². The number of nitrogens with one attached hydrogen (secondary N) is 3. The molecule has 0 aliphatic carbocycles. The molecular weight excluding hydrogens is 230 g/mol. The summed E-state index contributed by atoms with van der Waals surface area (Å²) in [4.78, 5) is 16.1. The van der Waals surface area contributed by atoms with Crippen LogP contribution < -0.4 is 10.6 Å². The molecule has 0 radical (unpaired) electrons. The molecule has 0 aromatic carbocycles. The molecule has 2 aromatic rings. The van der Waals surface area contributed by atoms with Crippen LogP contribution in [0, 0.1) is 0 Å². The van der Waals surface area contributed by atoms with Gasteiger partial charge in [-0.2, -0.15) is 5.10 Å². The summed E-state index contributed by atoms with van der Waals surface area (Å²) < 4.78 is 0. The van der Waals surface area contributed by atoms with Gasteiger partial charge in [-0.1, -0.05) is 6.92 Å². The van der Waals surface area contributed by atoms with Crippen LogP contribution >= 0.6 is 0 Å². The standard InChI is InChI=1S/C12H15N5O/c1-2-4-14-11-8-13-5-3-10(11)12(18)17-9-6-15-16-7-9/h3,5-8,14H,2,4H2,1H3,(H,15,16)(H,17,18). The second-order valence-corrected chi connectivity index (χ2v) is 3.79. The Bertz CT molecular complexity index is 509. The number of nitrogens with zero attached hydrogens (tertiary/aromatic N) is 2. The van der Waals surface area contributed by atoms with Crippen LogP contribution in [0.3, 0.4) is 0 Å². The van der Waals surface area contributed by atoms with Crippen molar-refractivity contribution < 1.29 is 4.79 Å². The van der Waals surface area contributed by atoms with Gasteiger partial charge in [-0.3, -0.25) is 14.9 Å². The van der Waals surface area contributed by atoms with Gasteiger partial charge in [-0.25, -0.2) is 0 Å². The van der Waals surface area contributed by atoms with Crippen molar-refractivity contribution in [3.8, 4) is 0 Å². The molecule has 94 valence electrons. The molecule has 0 atom stereocenters. The average molecular weight is 245 g/mol. The van der Waals surface area contributed by atoms with E-state index < -0.39 is 0 Å². The van der Waals surface area contributed by atoms with E-state index in [1.165, 1.54) is 0 Å². The largest absolute Gasteiger partial charge is 0.383 e. The summed E-state index contributed by atoms with van der Waals surface area (Å²) in [6.45, 7) is 2.87. The Hall–Kier alpha value is -2.37. The second-order valence-electron chi connectivity index (χ2n) is 3.79. The van der Waals surface area contributed by atoms with Gasteiger partial charge in [0.1, 0.15) is 0 Å². The molecule has 2 aromatic heterocycles. The molecule has 0 spiro atoms. The molecule has 3 N–H and O–H groups in total. The lowest BCUT2D eigenvalue weighted by molar-refractivity contribution is 0.102. The molecule has 0 bridgehead atoms. The van der Waals surface area contributed by atoms with E-state index in [4.69, 9.17) is 0 Å². The fraction of sp³-hybridized carbons (Fsp3) is 0.250. The fourth-order valence-electron chi connectivity index (χ4n) is 1.51. The normalized spacial score (nSPS) is 10.1. The predicted molar refractivity (Wildman–Crippen MR) is 69.6 cm³/mol. The zero-order valence-electron chi connectivity index (χ0n) is 10.1. The van der Waals surface area contributed by atoms with Crippen LogP contribution in [0.15, 0.2) is 30.9 Å². The van der Waals surface area contributed by atoms with E-state index in [0.717, 1.165) is 18.7 Å². The number of rotatable bonds is 5. The first-order valence-corrected chi connectivity index (χ1v) is 5.79. The monoisotopic (exact) mass is 245 g/mol. The number of hydrogen-bond donors (Lipinski definition) is 3. The number of aromatic amines is 1. The lowest BCUT2D eigenvalue weighted by atomic mass is 10.2. The maximum atomic E-state index is 12.1. The number of hydrogen-bond acceptors (Lipinski definition) is 4. The highest BCUT2D eigenvalue weighted by molar-refractivity contribution is 6.07. The van der Waals surface area contributed by atoms with Crippen molar-refractivity contribution >= 4 is 17.3 Å². The summed E-state index contributed by atoms with van der Waals surface area (Å²) in [7, 11) is 0. The van der Waals surface area contributed by atoms with E-state index in [9.17, 15) is 4.79 Å². The topological polar surface area (TPSA) is 82.7 Å². The summed E-state index contributed by atoms with van der Waals surface area (Å²) in [6.07, 6.45) is 7.41. The Morgan fingerprint density at radius 3 is 3.06 bits per heavy atom. The predicted octanol–water partition coefficient (Wildman–Crippen LogP) is 1.88. The quantitative estimate of drug-likeness (QED) is 0.751. The van der Waals surface area contributed by atoms with Gasteiger partial charge < -0.3 is 10.6 Å². The zero-order chi connectivity index (χ0) is 12.8. The lowest BCUT2D eigenvalue weighted by Crippen LogP contribution is -2.15. The SMILES string of the molecule is CCCNc1cnccc1C(=O)Nc1cn[nH]c1. The van der Waals surface area contributed by atoms with Crippen molar-refractivity contribution in [3.05, 3.63) is 36.4 Å². The van der Waals surface area contributed by atoms with Crippen LogP contribution in [0.4, 0.5) is 11.4 Å². The van der Waals surface area contributed by atoms with Crippen molar-refractivity contribution in [1.82, 2.24) is 15.2 Å². The Morgan fingerprint density at radius 2 is 2.33 bits per heavy atom. The maximum absolute atomic E-state index is 12.1. The summed E-state index contributed by atoms with van der Waals surface area (Å²) >= 11 is 0. The van der Waals surface area contributed by atoms with Crippen LogP contribution in [0.2, 0.25) is 0 Å². The summed E-state index contributed by atoms with van der Waals surface area (Å²) in [5.41, 5.74) is 1.94. The zero-order valence-corrected chi connectivity index (χ0v) is 10.1. The first-order chi connectivity index (χ1) is 8.81. The number of amides is 1. The molecular formula is C12H15N5O. The number of aromatic nitrogens is 3. The third kappa shape index (κ3) is 2.85. The molecule has 6 heteroatoms. The smallest absolute Gasteiger partial charge is 0.257 e. The van der Waals surface area contributed by atoms with Gasteiger partial charge >= 0.3 is 0 Å². The third-order valence-electron chi connectivity index (χ3n) is 2.39. The van der Waals surface area contributed by atoms with Crippen LogP contribution in [0.25, 0.3) is 0 Å². The lowest BCUT2D eigenvalue weighted by Gasteiger charge is -2.10. The minimum Gasteiger partial charge on any atom is -0.383 e. The number of carbonyl (C=O) groups is 1. The average Bonchev–Trinajstić information content (AvgIpc) is 2.89. The maximum Gasteiger partial charge on any atom is 0.257 e. The van der Waals surface area contributed by atoms with E-state index >= 15 is 0 Å². The molecule has 0 fully saturated rings. The Kier molecular flexibility index (Phi) is 3.90. The molecule has 2 rings (SSSR count). The van der Waals surface area contributed by atoms with Crippen LogP contribution in [0.1, 0.15) is 23.7 Å². The van der Waals surface area contributed by atoms with Gasteiger partial charge in [0.05, 0.1) is 29.3 Å². The molecule has 0 aliphatic rings.